The molecule has 2 aliphatic rings. The Bertz CT molecular complexity index is 579. The molecule has 0 aromatic heterocycles. The van der Waals surface area contributed by atoms with Gasteiger partial charge < -0.3 is 0 Å². The second kappa shape index (κ2) is 4.22. The number of halogens is 1. The molecule has 1 aromatic rings. The van der Waals surface area contributed by atoms with Crippen LogP contribution in [0.3, 0.4) is 0 Å². The van der Waals surface area contributed by atoms with E-state index in [0.717, 1.165) is 32.1 Å². The summed E-state index contributed by atoms with van der Waals surface area (Å²) in [7, 11) is -3.42. The largest absolute Gasteiger partial charge is 0.241 e. The number of fused-ring (bicyclic) bond motifs is 1. The predicted molar refractivity (Wildman–Crippen MR) is 71.5 cm³/mol. The van der Waals surface area contributed by atoms with E-state index in [9.17, 15) is 8.42 Å². The lowest BCUT2D eigenvalue weighted by Crippen LogP contribution is -2.38. The maximum absolute atomic E-state index is 12.3. The number of hydrogen-bond acceptors (Lipinski definition) is 2. The monoisotopic (exact) mass is 285 g/mol. The van der Waals surface area contributed by atoms with Crippen molar-refractivity contribution < 1.29 is 8.42 Å². The van der Waals surface area contributed by atoms with Crippen LogP contribution < -0.4 is 4.72 Å². The quantitative estimate of drug-likeness (QED) is 0.862. The van der Waals surface area contributed by atoms with Gasteiger partial charge in [-0.05, 0) is 55.4 Å². The Balaban J connectivity index is 1.89. The Labute approximate surface area is 113 Å². The third kappa shape index (κ3) is 2.17. The smallest absolute Gasteiger partial charge is 0.207 e. The van der Waals surface area contributed by atoms with Gasteiger partial charge in [-0.15, -0.1) is 11.6 Å². The lowest BCUT2D eigenvalue weighted by molar-refractivity contribution is 0.559. The predicted octanol–water partition coefficient (Wildman–Crippen LogP) is 2.23. The van der Waals surface area contributed by atoms with Crippen molar-refractivity contribution in [1.82, 2.24) is 4.72 Å². The van der Waals surface area contributed by atoms with Gasteiger partial charge in [-0.3, -0.25) is 0 Å². The highest BCUT2D eigenvalue weighted by Crippen LogP contribution is 2.38. The molecule has 0 saturated heterocycles. The molecular weight excluding hydrogens is 270 g/mol. The average molecular weight is 286 g/mol. The van der Waals surface area contributed by atoms with Crippen LogP contribution in [0.1, 0.15) is 30.4 Å². The molecule has 1 aromatic carbocycles. The Morgan fingerprint density at radius 2 is 1.94 bits per heavy atom. The van der Waals surface area contributed by atoms with Crippen molar-refractivity contribution >= 4 is 21.6 Å². The van der Waals surface area contributed by atoms with Gasteiger partial charge in [0.1, 0.15) is 0 Å². The van der Waals surface area contributed by atoms with Gasteiger partial charge in [0.05, 0.1) is 4.90 Å². The lowest BCUT2D eigenvalue weighted by atomic mass is 10.1. The molecule has 98 valence electrons. The molecule has 0 heterocycles. The zero-order valence-electron chi connectivity index (χ0n) is 10.1. The molecule has 2 aliphatic carbocycles. The zero-order chi connectivity index (χ0) is 12.8. The summed E-state index contributed by atoms with van der Waals surface area (Å²) >= 11 is 5.82. The molecule has 5 heteroatoms. The van der Waals surface area contributed by atoms with Crippen molar-refractivity contribution in [3.63, 3.8) is 0 Å². The number of rotatable bonds is 4. The first-order valence-corrected chi connectivity index (χ1v) is 8.28. The van der Waals surface area contributed by atoms with Crippen molar-refractivity contribution in [2.45, 2.75) is 42.5 Å². The van der Waals surface area contributed by atoms with E-state index in [-0.39, 0.29) is 5.54 Å². The Kier molecular flexibility index (Phi) is 2.92. The van der Waals surface area contributed by atoms with Crippen LogP contribution in [-0.2, 0) is 22.9 Å². The van der Waals surface area contributed by atoms with E-state index >= 15 is 0 Å². The van der Waals surface area contributed by atoms with Gasteiger partial charge in [0, 0.05) is 11.4 Å². The van der Waals surface area contributed by atoms with Crippen LogP contribution in [0, 0.1) is 0 Å². The van der Waals surface area contributed by atoms with Crippen LogP contribution in [0.2, 0.25) is 0 Å². The second-order valence-corrected chi connectivity index (χ2v) is 7.25. The summed E-state index contributed by atoms with van der Waals surface area (Å²) in [5.41, 5.74) is 2.07. The molecule has 0 radical (unpaired) electrons. The number of benzene rings is 1. The minimum Gasteiger partial charge on any atom is -0.207 e. The van der Waals surface area contributed by atoms with Crippen LogP contribution >= 0.6 is 11.6 Å². The molecule has 1 N–H and O–H groups in total. The third-order valence-corrected chi connectivity index (χ3v) is 5.93. The lowest BCUT2D eigenvalue weighted by Gasteiger charge is -2.15. The van der Waals surface area contributed by atoms with Crippen molar-refractivity contribution in [2.75, 3.05) is 5.88 Å². The van der Waals surface area contributed by atoms with Crippen molar-refractivity contribution in [1.29, 1.82) is 0 Å². The van der Waals surface area contributed by atoms with Gasteiger partial charge in [-0.25, -0.2) is 13.1 Å². The van der Waals surface area contributed by atoms with Crippen molar-refractivity contribution in [3.05, 3.63) is 29.3 Å². The molecule has 0 bridgehead atoms. The molecule has 0 amide bonds. The molecule has 1 fully saturated rings. The fourth-order valence-electron chi connectivity index (χ4n) is 2.47. The van der Waals surface area contributed by atoms with Gasteiger partial charge in [-0.1, -0.05) is 6.07 Å². The van der Waals surface area contributed by atoms with E-state index in [4.69, 9.17) is 11.6 Å². The minimum absolute atomic E-state index is 0.344. The summed E-state index contributed by atoms with van der Waals surface area (Å²) in [5.74, 6) is 0.344. The maximum Gasteiger partial charge on any atom is 0.241 e. The molecule has 18 heavy (non-hydrogen) atoms. The highest BCUT2D eigenvalue weighted by molar-refractivity contribution is 7.89. The Morgan fingerprint density at radius 1 is 1.22 bits per heavy atom. The van der Waals surface area contributed by atoms with Gasteiger partial charge >= 0.3 is 0 Å². The first-order chi connectivity index (χ1) is 8.55. The summed E-state index contributed by atoms with van der Waals surface area (Å²) < 4.78 is 27.3. The maximum atomic E-state index is 12.3. The Hall–Kier alpha value is -0.580. The summed E-state index contributed by atoms with van der Waals surface area (Å²) in [6.45, 7) is 0. The molecule has 1 saturated carbocycles. The SMILES string of the molecule is O=S(=O)(NC1(CCl)CC1)c1ccc2c(c1)CCC2. The standard InChI is InChI=1S/C13H16ClNO2S/c14-9-13(6-7-13)15-18(16,17)12-5-4-10-2-1-3-11(10)8-12/h4-5,8,15H,1-3,6-7,9H2. The van der Waals surface area contributed by atoms with Crippen LogP contribution in [0.5, 0.6) is 0 Å². The highest BCUT2D eigenvalue weighted by atomic mass is 35.5. The van der Waals surface area contributed by atoms with Crippen LogP contribution in [0.25, 0.3) is 0 Å². The molecule has 0 unspecified atom stereocenters. The second-order valence-electron chi connectivity index (χ2n) is 5.30. The third-order valence-electron chi connectivity index (χ3n) is 3.84. The van der Waals surface area contributed by atoms with Crippen molar-refractivity contribution in [2.24, 2.45) is 0 Å². The van der Waals surface area contributed by atoms with Gasteiger partial charge in [0.25, 0.3) is 0 Å². The number of alkyl halides is 1. The fraction of sp³-hybridized carbons (Fsp3) is 0.538. The molecule has 0 aliphatic heterocycles. The summed E-state index contributed by atoms with van der Waals surface area (Å²) in [6.07, 6.45) is 4.84. The highest BCUT2D eigenvalue weighted by Gasteiger charge is 2.45. The molecule has 0 atom stereocenters. The first-order valence-electron chi connectivity index (χ1n) is 6.26. The van der Waals surface area contributed by atoms with E-state index < -0.39 is 10.0 Å². The van der Waals surface area contributed by atoms with Gasteiger partial charge in [-0.2, -0.15) is 0 Å². The Morgan fingerprint density at radius 3 is 2.61 bits per heavy atom. The fourth-order valence-corrected chi connectivity index (χ4v) is 4.40. The normalized spacial score (nSPS) is 20.7. The summed E-state index contributed by atoms with van der Waals surface area (Å²) in [6, 6.07) is 5.46. The minimum atomic E-state index is -3.42. The zero-order valence-corrected chi connectivity index (χ0v) is 11.6. The van der Waals surface area contributed by atoms with Crippen LogP contribution in [0.15, 0.2) is 23.1 Å². The number of nitrogens with one attached hydrogen (secondary N) is 1. The molecule has 0 spiro atoms. The number of hydrogen-bond donors (Lipinski definition) is 1. The molecule has 3 rings (SSSR count). The van der Waals surface area contributed by atoms with Crippen LogP contribution in [0.4, 0.5) is 0 Å². The topological polar surface area (TPSA) is 46.2 Å². The van der Waals surface area contributed by atoms with Gasteiger partial charge in [0.15, 0.2) is 0 Å². The van der Waals surface area contributed by atoms with E-state index in [0.29, 0.717) is 10.8 Å². The van der Waals surface area contributed by atoms with E-state index in [1.54, 1.807) is 6.07 Å². The first kappa shape index (κ1) is 12.5. The number of sulfonamides is 1. The van der Waals surface area contributed by atoms with E-state index in [1.165, 1.54) is 11.1 Å². The average Bonchev–Trinajstić information content (AvgIpc) is 2.95. The van der Waals surface area contributed by atoms with E-state index in [2.05, 4.69) is 4.72 Å². The van der Waals surface area contributed by atoms with Crippen molar-refractivity contribution in [3.8, 4) is 0 Å². The number of aryl methyl sites for hydroxylation is 2. The summed E-state index contributed by atoms with van der Waals surface area (Å²) in [4.78, 5) is 0.375. The summed E-state index contributed by atoms with van der Waals surface area (Å²) in [5, 5.41) is 0. The van der Waals surface area contributed by atoms with Gasteiger partial charge in [0.2, 0.25) is 10.0 Å². The van der Waals surface area contributed by atoms with E-state index in [1.807, 2.05) is 12.1 Å². The molecular formula is C13H16ClNO2S. The van der Waals surface area contributed by atoms with Crippen LogP contribution in [-0.4, -0.2) is 19.8 Å². The molecule has 3 nitrogen and oxygen atoms in total.